The van der Waals surface area contributed by atoms with Gasteiger partial charge in [0.25, 0.3) is 0 Å². The molecular weight excluding hydrogens is 1020 g/mol. The lowest BCUT2D eigenvalue weighted by atomic mass is 9.70. The molecule has 0 aliphatic heterocycles. The molecule has 84 heavy (non-hydrogen) atoms. The molecule has 0 N–H and O–H groups in total. The molecule has 0 fully saturated rings. The van der Waals surface area contributed by atoms with Crippen LogP contribution in [0.3, 0.4) is 0 Å². The average Bonchev–Trinajstić information content (AvgIpc) is 2.06. The summed E-state index contributed by atoms with van der Waals surface area (Å²) in [7, 11) is 0. The molecule has 0 radical (unpaired) electrons. The number of hydrogen-bond donors (Lipinski definition) is 0. The maximum atomic E-state index is 6.94. The number of hydrogen-bond acceptors (Lipinski definition) is 2. The maximum absolute atomic E-state index is 6.94. The molecule has 2 unspecified atom stereocenters. The van der Waals surface area contributed by atoms with Gasteiger partial charge in [-0.2, -0.15) is 0 Å². The van der Waals surface area contributed by atoms with E-state index in [1.807, 2.05) is 0 Å². The number of furan rings is 2. The quantitative estimate of drug-likeness (QED) is 0.155. The van der Waals surface area contributed by atoms with E-state index in [4.69, 9.17) is 8.83 Å². The lowest BCUT2D eigenvalue weighted by Gasteiger charge is -2.33. The lowest BCUT2D eigenvalue weighted by Crippen LogP contribution is -2.40. The molecule has 18 rings (SSSR count). The van der Waals surface area contributed by atoms with Gasteiger partial charge in [0.05, 0.1) is 0 Å². The Balaban J connectivity index is 0.739. The Kier molecular flexibility index (Phi) is 10.2. The largest absolute Gasteiger partial charge is 0.455 e. The van der Waals surface area contributed by atoms with E-state index in [0.29, 0.717) is 0 Å². The molecule has 2 aliphatic carbocycles. The standard InChI is InChI=1S/C82H50O2/c1-2-15-49(16-3-1)53-18-14-19-56(43-53)77-62-21-6-10-25-66(62)79(67-26-11-7-22-63(67)77)59-38-42-76-74(48-59)71-40-36-52-31-33-55(46-72(52)82(71)84-76)54-32-29-50-30-34-57(45-60(50)44-54)78-64-23-8-12-27-68(64)80(69-28-13-9-24-65(69)78)58-37-41-75-73(47-58)70-39-35-51-17-4-5-20-61(51)81(70)83-75/h1-48,62,66H. The van der Waals surface area contributed by atoms with Crippen LogP contribution in [0.5, 0.6) is 0 Å². The first-order valence-corrected chi connectivity index (χ1v) is 29.2. The van der Waals surface area contributed by atoms with Crippen LogP contribution < -0.4 is 10.4 Å². The Hall–Kier alpha value is -10.8. The molecule has 2 aromatic heterocycles. The first kappa shape index (κ1) is 46.9. The Morgan fingerprint density at radius 1 is 0.226 bits per heavy atom. The van der Waals surface area contributed by atoms with Gasteiger partial charge in [0.2, 0.25) is 0 Å². The Morgan fingerprint density at radius 2 is 0.643 bits per heavy atom. The molecule has 0 bridgehead atoms. The minimum atomic E-state index is 0.162. The smallest absolute Gasteiger partial charge is 0.143 e. The molecule has 16 aromatic rings. The Morgan fingerprint density at radius 3 is 1.30 bits per heavy atom. The summed E-state index contributed by atoms with van der Waals surface area (Å²) in [4.78, 5) is 0. The van der Waals surface area contributed by atoms with Gasteiger partial charge in [-0.05, 0) is 181 Å². The summed E-state index contributed by atoms with van der Waals surface area (Å²) in [6.45, 7) is 0. The van der Waals surface area contributed by atoms with Crippen molar-refractivity contribution in [2.45, 2.75) is 0 Å². The summed E-state index contributed by atoms with van der Waals surface area (Å²) in [6.07, 6.45) is 9.27. The van der Waals surface area contributed by atoms with Crippen molar-refractivity contribution in [3.05, 3.63) is 313 Å². The third-order valence-electron chi connectivity index (χ3n) is 18.4. The molecule has 14 aromatic carbocycles. The van der Waals surface area contributed by atoms with Crippen molar-refractivity contribution in [1.82, 2.24) is 0 Å². The fourth-order valence-corrected chi connectivity index (χ4v) is 14.6. The second-order valence-corrected chi connectivity index (χ2v) is 22.9. The number of rotatable bonds is 6. The van der Waals surface area contributed by atoms with Crippen LogP contribution in [0.15, 0.2) is 300 Å². The van der Waals surface area contributed by atoms with Gasteiger partial charge < -0.3 is 8.83 Å². The highest BCUT2D eigenvalue weighted by Crippen LogP contribution is 2.47. The molecule has 0 spiro atoms. The molecular formula is C82H50O2. The van der Waals surface area contributed by atoms with Crippen molar-refractivity contribution < 1.29 is 8.83 Å². The van der Waals surface area contributed by atoms with Crippen molar-refractivity contribution >= 4 is 109 Å². The molecule has 0 saturated carbocycles. The second kappa shape index (κ2) is 18.4. The van der Waals surface area contributed by atoms with E-state index in [1.54, 1.807) is 0 Å². The second-order valence-electron chi connectivity index (χ2n) is 22.9. The van der Waals surface area contributed by atoms with E-state index in [1.165, 1.54) is 104 Å². The van der Waals surface area contributed by atoms with Crippen molar-refractivity contribution in [3.63, 3.8) is 0 Å². The molecule has 2 heteroatoms. The lowest BCUT2D eigenvalue weighted by molar-refractivity contribution is 0.672. The fourth-order valence-electron chi connectivity index (χ4n) is 14.6. The van der Waals surface area contributed by atoms with Crippen LogP contribution in [-0.2, 0) is 0 Å². The SMILES string of the molecule is C1=CC2C(c3cccc(-c4ccccc4)c3)=c3ccccc3=C(c3ccc4oc5c6cc(-c7ccc8ccc(-c9c%10ccccc%10c(-c%10ccc%11oc%12c%13ccccc%13ccc%12c%11c%10)c%10ccccc9%10)cc8c7)ccc6ccc5c4c3)C2C=C1. The van der Waals surface area contributed by atoms with Crippen LogP contribution in [0.25, 0.3) is 153 Å². The predicted molar refractivity (Wildman–Crippen MR) is 353 cm³/mol. The van der Waals surface area contributed by atoms with Gasteiger partial charge in [-0.1, -0.05) is 231 Å². The summed E-state index contributed by atoms with van der Waals surface area (Å²) in [6, 6.07) is 98.4. The van der Waals surface area contributed by atoms with Crippen LogP contribution in [0.4, 0.5) is 0 Å². The first-order valence-electron chi connectivity index (χ1n) is 29.2. The van der Waals surface area contributed by atoms with E-state index in [9.17, 15) is 0 Å². The van der Waals surface area contributed by atoms with Gasteiger partial charge in [0.15, 0.2) is 0 Å². The highest BCUT2D eigenvalue weighted by Gasteiger charge is 2.32. The van der Waals surface area contributed by atoms with Gasteiger partial charge in [0, 0.05) is 44.2 Å². The summed E-state index contributed by atoms with van der Waals surface area (Å²) < 4.78 is 13.5. The Labute approximate surface area is 484 Å². The third-order valence-corrected chi connectivity index (χ3v) is 18.4. The summed E-state index contributed by atoms with van der Waals surface area (Å²) in [5.41, 5.74) is 18.5. The van der Waals surface area contributed by atoms with E-state index in [0.717, 1.165) is 71.2 Å². The summed E-state index contributed by atoms with van der Waals surface area (Å²) >= 11 is 0. The molecule has 390 valence electrons. The van der Waals surface area contributed by atoms with Crippen LogP contribution in [0.2, 0.25) is 0 Å². The van der Waals surface area contributed by atoms with Gasteiger partial charge >= 0.3 is 0 Å². The minimum absolute atomic E-state index is 0.162. The van der Waals surface area contributed by atoms with Crippen LogP contribution in [-0.4, -0.2) is 0 Å². The highest BCUT2D eigenvalue weighted by atomic mass is 16.3. The molecule has 2 nitrogen and oxygen atoms in total. The zero-order valence-corrected chi connectivity index (χ0v) is 45.7. The average molecular weight is 1070 g/mol. The molecule has 0 amide bonds. The zero-order chi connectivity index (χ0) is 55.0. The number of allylic oxidation sites excluding steroid dienone is 4. The topological polar surface area (TPSA) is 26.3 Å². The fraction of sp³-hybridized carbons (Fsp3) is 0.0244. The van der Waals surface area contributed by atoms with Gasteiger partial charge in [0.1, 0.15) is 22.3 Å². The van der Waals surface area contributed by atoms with E-state index in [2.05, 4.69) is 291 Å². The molecule has 2 aliphatic rings. The summed E-state index contributed by atoms with van der Waals surface area (Å²) in [5.74, 6) is 0.340. The van der Waals surface area contributed by atoms with Gasteiger partial charge in [-0.15, -0.1) is 0 Å². The van der Waals surface area contributed by atoms with Crippen LogP contribution in [0.1, 0.15) is 11.1 Å². The van der Waals surface area contributed by atoms with Crippen molar-refractivity contribution in [2.24, 2.45) is 11.8 Å². The first-order chi connectivity index (χ1) is 41.6. The third kappa shape index (κ3) is 7.17. The van der Waals surface area contributed by atoms with Crippen LogP contribution >= 0.6 is 0 Å². The Bertz CT molecular complexity index is 5630. The monoisotopic (exact) mass is 1070 g/mol. The van der Waals surface area contributed by atoms with Crippen molar-refractivity contribution in [1.29, 1.82) is 0 Å². The number of fused-ring (bicyclic) bond motifs is 15. The molecule has 0 saturated heterocycles. The normalized spacial score (nSPS) is 15.0. The maximum Gasteiger partial charge on any atom is 0.143 e. The summed E-state index contributed by atoms with van der Waals surface area (Å²) in [5, 5.41) is 19.0. The van der Waals surface area contributed by atoms with Gasteiger partial charge in [-0.3, -0.25) is 0 Å². The van der Waals surface area contributed by atoms with Crippen molar-refractivity contribution in [3.8, 4) is 44.5 Å². The highest BCUT2D eigenvalue weighted by molar-refractivity contribution is 6.23. The predicted octanol–water partition coefficient (Wildman–Crippen LogP) is 20.7. The van der Waals surface area contributed by atoms with Crippen LogP contribution in [0, 0.1) is 11.8 Å². The van der Waals surface area contributed by atoms with Crippen molar-refractivity contribution in [2.75, 3.05) is 0 Å². The van der Waals surface area contributed by atoms with E-state index >= 15 is 0 Å². The molecule has 2 heterocycles. The molecule has 2 atom stereocenters. The zero-order valence-electron chi connectivity index (χ0n) is 45.7. The minimum Gasteiger partial charge on any atom is -0.455 e. The van der Waals surface area contributed by atoms with E-state index in [-0.39, 0.29) is 11.8 Å². The van der Waals surface area contributed by atoms with Gasteiger partial charge in [-0.25, -0.2) is 0 Å². The van der Waals surface area contributed by atoms with E-state index < -0.39 is 0 Å². The number of benzene rings is 14.